The molecule has 0 radical (unpaired) electrons. The monoisotopic (exact) mass is 303 g/mol. The Hall–Kier alpha value is -2.64. The molecule has 0 aliphatic carbocycles. The minimum absolute atomic E-state index is 0.674. The zero-order valence-corrected chi connectivity index (χ0v) is 12.8. The first-order chi connectivity index (χ1) is 11.3. The van der Waals surface area contributed by atoms with Crippen LogP contribution < -0.4 is 0 Å². The highest BCUT2D eigenvalue weighted by Crippen LogP contribution is 2.27. The average Bonchev–Trinajstić information content (AvgIpc) is 2.95. The number of nitrogens with zero attached hydrogens (tertiary/aromatic N) is 3. The Bertz CT molecular complexity index is 887. The van der Waals surface area contributed by atoms with Crippen LogP contribution in [0.4, 0.5) is 0 Å². The zero-order chi connectivity index (χ0) is 15.6. The van der Waals surface area contributed by atoms with Gasteiger partial charge in [-0.25, -0.2) is 4.98 Å². The first-order valence-electron chi connectivity index (χ1n) is 7.95. The van der Waals surface area contributed by atoms with Crippen LogP contribution >= 0.6 is 0 Å². The summed E-state index contributed by atoms with van der Waals surface area (Å²) in [4.78, 5) is 7.01. The number of hydrogen-bond donors (Lipinski definition) is 0. The van der Waals surface area contributed by atoms with Gasteiger partial charge in [0.1, 0.15) is 5.52 Å². The van der Waals surface area contributed by atoms with Crippen molar-refractivity contribution in [3.05, 3.63) is 53.9 Å². The number of nitriles is 1. The number of aromatic nitrogens is 1. The smallest absolute Gasteiger partial charge is 0.196 e. The predicted octanol–water partition coefficient (Wildman–Crippen LogP) is 3.61. The third-order valence-corrected chi connectivity index (χ3v) is 4.38. The quantitative estimate of drug-likeness (QED) is 0.738. The number of likely N-dealkylation sites (tertiary alicyclic amines) is 1. The lowest BCUT2D eigenvalue weighted by Crippen LogP contribution is -2.38. The van der Waals surface area contributed by atoms with Crippen LogP contribution in [0, 0.1) is 11.3 Å². The van der Waals surface area contributed by atoms with Crippen molar-refractivity contribution in [1.82, 2.24) is 9.88 Å². The van der Waals surface area contributed by atoms with E-state index in [1.54, 1.807) is 0 Å². The van der Waals surface area contributed by atoms with Crippen molar-refractivity contribution in [3.63, 3.8) is 0 Å². The molecule has 4 nitrogen and oxygen atoms in total. The normalized spacial score (nSPS) is 14.6. The molecule has 2 heterocycles. The molecule has 114 valence electrons. The van der Waals surface area contributed by atoms with E-state index in [2.05, 4.69) is 16.0 Å². The molecule has 0 N–H and O–H groups in total. The van der Waals surface area contributed by atoms with Crippen LogP contribution in [0.2, 0.25) is 0 Å². The number of hydrogen-bond acceptors (Lipinski definition) is 4. The van der Waals surface area contributed by atoms with E-state index < -0.39 is 0 Å². The molecule has 0 spiro atoms. The maximum atomic E-state index is 9.26. The van der Waals surface area contributed by atoms with Crippen molar-refractivity contribution in [2.24, 2.45) is 0 Å². The number of benzene rings is 2. The molecular formula is C19H17N3O. The van der Waals surface area contributed by atoms with Gasteiger partial charge in [0.05, 0.1) is 11.6 Å². The van der Waals surface area contributed by atoms with Gasteiger partial charge in [0.15, 0.2) is 11.5 Å². The molecule has 0 amide bonds. The minimum atomic E-state index is 0.674. The molecule has 1 aliphatic heterocycles. The maximum absolute atomic E-state index is 9.26. The van der Waals surface area contributed by atoms with Crippen molar-refractivity contribution >= 4 is 11.1 Å². The molecule has 1 fully saturated rings. The van der Waals surface area contributed by atoms with Gasteiger partial charge in [0, 0.05) is 13.0 Å². The van der Waals surface area contributed by atoms with Crippen molar-refractivity contribution in [2.75, 3.05) is 19.6 Å². The Kier molecular flexibility index (Phi) is 3.57. The molecule has 3 aromatic rings. The van der Waals surface area contributed by atoms with Crippen LogP contribution in [0.3, 0.4) is 0 Å². The lowest BCUT2D eigenvalue weighted by molar-refractivity contribution is 0.180. The predicted molar refractivity (Wildman–Crippen MR) is 88.9 cm³/mol. The second-order valence-corrected chi connectivity index (χ2v) is 5.89. The summed E-state index contributed by atoms with van der Waals surface area (Å²) >= 11 is 0. The number of oxazole rings is 1. The van der Waals surface area contributed by atoms with E-state index in [-0.39, 0.29) is 0 Å². The first-order valence-corrected chi connectivity index (χ1v) is 7.95. The van der Waals surface area contributed by atoms with Crippen molar-refractivity contribution in [3.8, 4) is 17.2 Å². The van der Waals surface area contributed by atoms with Crippen LogP contribution in [0.1, 0.15) is 17.9 Å². The summed E-state index contributed by atoms with van der Waals surface area (Å²) < 4.78 is 5.83. The Morgan fingerprint density at radius 2 is 2.04 bits per heavy atom. The lowest BCUT2D eigenvalue weighted by Gasteiger charge is -2.29. The van der Waals surface area contributed by atoms with Crippen molar-refractivity contribution in [1.29, 1.82) is 5.26 Å². The third kappa shape index (κ3) is 2.71. The molecule has 0 bridgehead atoms. The Balaban J connectivity index is 1.63. The second-order valence-electron chi connectivity index (χ2n) is 5.89. The van der Waals surface area contributed by atoms with Gasteiger partial charge in [-0.05, 0) is 48.8 Å². The average molecular weight is 303 g/mol. The van der Waals surface area contributed by atoms with E-state index in [1.807, 2.05) is 42.5 Å². The third-order valence-electron chi connectivity index (χ3n) is 4.38. The standard InChI is InChI=1S/C19H17N3O/c20-13-15-4-1-2-5-16(15)14-6-7-18-17(12-14)21-19(23-18)8-11-22-9-3-10-22/h1-2,4-7,12H,3,8-11H2. The summed E-state index contributed by atoms with van der Waals surface area (Å²) in [6, 6.07) is 15.8. The number of fused-ring (bicyclic) bond motifs is 1. The fourth-order valence-corrected chi connectivity index (χ4v) is 2.94. The molecule has 1 saturated heterocycles. The van der Waals surface area contributed by atoms with Crippen molar-refractivity contribution in [2.45, 2.75) is 12.8 Å². The van der Waals surface area contributed by atoms with Crippen LogP contribution in [-0.4, -0.2) is 29.5 Å². The number of rotatable bonds is 4. The second kappa shape index (κ2) is 5.86. The molecule has 4 heteroatoms. The van der Waals surface area contributed by atoms with Crippen LogP contribution in [0.25, 0.3) is 22.2 Å². The van der Waals surface area contributed by atoms with Crippen LogP contribution in [0.15, 0.2) is 46.9 Å². The van der Waals surface area contributed by atoms with E-state index >= 15 is 0 Å². The molecule has 1 aromatic heterocycles. The van der Waals surface area contributed by atoms with E-state index in [4.69, 9.17) is 4.42 Å². The Morgan fingerprint density at radius 3 is 2.83 bits per heavy atom. The summed E-state index contributed by atoms with van der Waals surface area (Å²) in [5, 5.41) is 9.26. The van der Waals surface area contributed by atoms with E-state index in [0.717, 1.165) is 41.1 Å². The minimum Gasteiger partial charge on any atom is -0.441 e. The highest BCUT2D eigenvalue weighted by atomic mass is 16.3. The maximum Gasteiger partial charge on any atom is 0.196 e. The molecule has 0 saturated carbocycles. The highest BCUT2D eigenvalue weighted by molar-refractivity contribution is 5.82. The summed E-state index contributed by atoms with van der Waals surface area (Å²) in [7, 11) is 0. The largest absolute Gasteiger partial charge is 0.441 e. The van der Waals surface area contributed by atoms with Gasteiger partial charge in [-0.15, -0.1) is 0 Å². The Labute approximate surface area is 135 Å². The molecule has 0 atom stereocenters. The van der Waals surface area contributed by atoms with Crippen LogP contribution in [0.5, 0.6) is 0 Å². The van der Waals surface area contributed by atoms with E-state index in [0.29, 0.717) is 5.56 Å². The molecule has 0 unspecified atom stereocenters. The molecule has 1 aliphatic rings. The van der Waals surface area contributed by atoms with Gasteiger partial charge < -0.3 is 9.32 Å². The molecular weight excluding hydrogens is 286 g/mol. The fourth-order valence-electron chi connectivity index (χ4n) is 2.94. The summed E-state index contributed by atoms with van der Waals surface area (Å²) in [6.07, 6.45) is 2.15. The van der Waals surface area contributed by atoms with Crippen LogP contribution in [-0.2, 0) is 6.42 Å². The first kappa shape index (κ1) is 14.0. The van der Waals surface area contributed by atoms with Gasteiger partial charge in [-0.3, -0.25) is 0 Å². The van der Waals surface area contributed by atoms with Gasteiger partial charge in [0.25, 0.3) is 0 Å². The van der Waals surface area contributed by atoms with Gasteiger partial charge >= 0.3 is 0 Å². The SMILES string of the molecule is N#Cc1ccccc1-c1ccc2oc(CCN3CCC3)nc2c1. The zero-order valence-electron chi connectivity index (χ0n) is 12.8. The van der Waals surface area contributed by atoms with Gasteiger partial charge in [-0.2, -0.15) is 5.26 Å². The molecule has 23 heavy (non-hydrogen) atoms. The molecule has 4 rings (SSSR count). The Morgan fingerprint density at radius 1 is 1.17 bits per heavy atom. The fraction of sp³-hybridized carbons (Fsp3) is 0.263. The lowest BCUT2D eigenvalue weighted by atomic mass is 10.0. The highest BCUT2D eigenvalue weighted by Gasteiger charge is 2.15. The summed E-state index contributed by atoms with van der Waals surface area (Å²) in [5.74, 6) is 0.789. The van der Waals surface area contributed by atoms with Crippen molar-refractivity contribution < 1.29 is 4.42 Å². The van der Waals surface area contributed by atoms with Gasteiger partial charge in [0.2, 0.25) is 0 Å². The van der Waals surface area contributed by atoms with Gasteiger partial charge in [-0.1, -0.05) is 24.3 Å². The summed E-state index contributed by atoms with van der Waals surface area (Å²) in [5.41, 5.74) is 4.27. The molecule has 2 aromatic carbocycles. The van der Waals surface area contributed by atoms with E-state index in [9.17, 15) is 5.26 Å². The summed E-state index contributed by atoms with van der Waals surface area (Å²) in [6.45, 7) is 3.39. The van der Waals surface area contributed by atoms with E-state index in [1.165, 1.54) is 19.5 Å². The topological polar surface area (TPSA) is 53.1 Å².